The van der Waals surface area contributed by atoms with Crippen molar-refractivity contribution in [2.75, 3.05) is 0 Å². The highest BCUT2D eigenvalue weighted by Gasteiger charge is 2.46. The minimum absolute atomic E-state index is 0.0321. The molecule has 0 aliphatic rings. The Morgan fingerprint density at radius 3 is 2.16 bits per heavy atom. The smallest absolute Gasteiger partial charge is 0.225 e. The van der Waals surface area contributed by atoms with Crippen molar-refractivity contribution in [2.24, 2.45) is 0 Å². The van der Waals surface area contributed by atoms with Crippen LogP contribution in [-0.4, -0.2) is 16.4 Å². The minimum Gasteiger partial charge on any atom is -0.225 e. The van der Waals surface area contributed by atoms with Crippen LogP contribution in [0.5, 0.6) is 0 Å². The Morgan fingerprint density at radius 2 is 1.58 bits per heavy atom. The summed E-state index contributed by atoms with van der Waals surface area (Å²) in [4.78, 5) is 6.52. The largest absolute Gasteiger partial charge is 0.365 e. The molecule has 0 spiro atoms. The summed E-state index contributed by atoms with van der Waals surface area (Å²) in [5.74, 6) is -5.92. The summed E-state index contributed by atoms with van der Waals surface area (Å²) in [5.41, 5.74) is -0.204. The van der Waals surface area contributed by atoms with Crippen LogP contribution in [0.3, 0.4) is 0 Å². The number of benzene rings is 1. The van der Waals surface area contributed by atoms with E-state index in [1.165, 1.54) is 12.1 Å². The topological polar surface area (TPSA) is 25.8 Å². The number of aromatic nitrogens is 2. The number of hydrogen-bond donors (Lipinski definition) is 0. The van der Waals surface area contributed by atoms with E-state index in [2.05, 4.69) is 9.97 Å². The second-order valence-electron chi connectivity index (χ2n) is 3.51. The van der Waals surface area contributed by atoms with E-state index in [9.17, 15) is 17.6 Å². The molecule has 0 amide bonds. The first-order chi connectivity index (χ1) is 8.75. The number of halogens is 7. The molecule has 0 saturated carbocycles. The molecule has 0 unspecified atom stereocenters. The number of alkyl halides is 4. The minimum atomic E-state index is -4.52. The normalized spacial score (nSPS) is 12.4. The Bertz CT molecular complexity index is 648. The quantitative estimate of drug-likeness (QED) is 0.574. The Kier molecular flexibility index (Phi) is 3.77. The second kappa shape index (κ2) is 4.92. The van der Waals surface area contributed by atoms with Crippen molar-refractivity contribution in [1.29, 1.82) is 0 Å². The molecular weight excluding hydrogens is 330 g/mol. The zero-order valence-electron chi connectivity index (χ0n) is 8.77. The van der Waals surface area contributed by atoms with Crippen LogP contribution >= 0.6 is 34.8 Å². The van der Waals surface area contributed by atoms with Gasteiger partial charge in [-0.25, -0.2) is 18.7 Å². The zero-order valence-corrected chi connectivity index (χ0v) is 11.0. The van der Waals surface area contributed by atoms with Crippen LogP contribution < -0.4 is 0 Å². The van der Waals surface area contributed by atoms with Crippen molar-refractivity contribution in [3.8, 4) is 0 Å². The SMILES string of the molecule is FC(F)C(F)(F)c1nc(Cl)c2c(Cl)ccc(Cl)c2n1. The van der Waals surface area contributed by atoms with Gasteiger partial charge in [0.15, 0.2) is 0 Å². The fraction of sp³-hybridized carbons (Fsp3) is 0.200. The summed E-state index contributed by atoms with van der Waals surface area (Å²) < 4.78 is 51.0. The van der Waals surface area contributed by atoms with E-state index in [4.69, 9.17) is 34.8 Å². The molecule has 2 aromatic rings. The summed E-state index contributed by atoms with van der Waals surface area (Å²) in [7, 11) is 0. The second-order valence-corrected chi connectivity index (χ2v) is 4.69. The van der Waals surface area contributed by atoms with Gasteiger partial charge in [-0.2, -0.15) is 8.78 Å². The molecule has 0 N–H and O–H groups in total. The van der Waals surface area contributed by atoms with Gasteiger partial charge in [-0.15, -0.1) is 0 Å². The monoisotopic (exact) mass is 332 g/mol. The zero-order chi connectivity index (χ0) is 14.4. The van der Waals surface area contributed by atoms with Gasteiger partial charge < -0.3 is 0 Å². The molecule has 0 atom stereocenters. The van der Waals surface area contributed by atoms with Gasteiger partial charge in [0.05, 0.1) is 20.9 Å². The Balaban J connectivity index is 2.79. The first kappa shape index (κ1) is 14.6. The van der Waals surface area contributed by atoms with Gasteiger partial charge in [0.2, 0.25) is 5.82 Å². The number of rotatable bonds is 2. The molecule has 1 aromatic heterocycles. The van der Waals surface area contributed by atoms with E-state index in [1.807, 2.05) is 0 Å². The average molecular weight is 333 g/mol. The third-order valence-corrected chi connectivity index (χ3v) is 3.17. The lowest BCUT2D eigenvalue weighted by molar-refractivity contribution is -0.140. The van der Waals surface area contributed by atoms with Crippen LogP contribution in [0, 0.1) is 0 Å². The summed E-state index contributed by atoms with van der Waals surface area (Å²) in [6.45, 7) is 0. The Morgan fingerprint density at radius 1 is 1.00 bits per heavy atom. The van der Waals surface area contributed by atoms with Gasteiger partial charge in [0, 0.05) is 0 Å². The molecule has 102 valence electrons. The van der Waals surface area contributed by atoms with E-state index in [1.54, 1.807) is 0 Å². The maximum Gasteiger partial charge on any atom is 0.365 e. The fourth-order valence-corrected chi connectivity index (χ4v) is 2.13. The lowest BCUT2D eigenvalue weighted by Gasteiger charge is -2.15. The van der Waals surface area contributed by atoms with Crippen molar-refractivity contribution in [3.63, 3.8) is 0 Å². The van der Waals surface area contributed by atoms with Crippen LogP contribution in [0.1, 0.15) is 5.82 Å². The molecule has 1 aromatic carbocycles. The lowest BCUT2D eigenvalue weighted by Crippen LogP contribution is -2.26. The van der Waals surface area contributed by atoms with Gasteiger partial charge in [-0.3, -0.25) is 0 Å². The molecule has 2 rings (SSSR count). The predicted octanol–water partition coefficient (Wildman–Crippen LogP) is 4.95. The van der Waals surface area contributed by atoms with Gasteiger partial charge >= 0.3 is 12.3 Å². The first-order valence-corrected chi connectivity index (χ1v) is 5.86. The molecule has 2 nitrogen and oxygen atoms in total. The van der Waals surface area contributed by atoms with Gasteiger partial charge in [-0.05, 0) is 12.1 Å². The number of fused-ring (bicyclic) bond motifs is 1. The van der Waals surface area contributed by atoms with Crippen molar-refractivity contribution in [1.82, 2.24) is 9.97 Å². The predicted molar refractivity (Wildman–Crippen MR) is 64.5 cm³/mol. The average Bonchev–Trinajstić information content (AvgIpc) is 2.33. The summed E-state index contributed by atoms with van der Waals surface area (Å²) >= 11 is 17.2. The van der Waals surface area contributed by atoms with Gasteiger partial charge in [0.25, 0.3) is 0 Å². The molecular formula is C10H3Cl3F4N2. The van der Waals surface area contributed by atoms with Crippen molar-refractivity contribution >= 4 is 45.7 Å². The van der Waals surface area contributed by atoms with E-state index in [-0.39, 0.29) is 20.9 Å². The van der Waals surface area contributed by atoms with Crippen molar-refractivity contribution < 1.29 is 17.6 Å². The van der Waals surface area contributed by atoms with Crippen molar-refractivity contribution in [2.45, 2.75) is 12.3 Å². The summed E-state index contributed by atoms with van der Waals surface area (Å²) in [6.07, 6.45) is -3.96. The summed E-state index contributed by atoms with van der Waals surface area (Å²) in [6, 6.07) is 2.66. The van der Waals surface area contributed by atoms with Crippen LogP contribution in [0.15, 0.2) is 12.1 Å². The van der Waals surface area contributed by atoms with E-state index in [0.717, 1.165) is 0 Å². The van der Waals surface area contributed by atoms with Crippen LogP contribution in [0.2, 0.25) is 15.2 Å². The molecule has 19 heavy (non-hydrogen) atoms. The van der Waals surface area contributed by atoms with E-state index >= 15 is 0 Å². The molecule has 0 bridgehead atoms. The fourth-order valence-electron chi connectivity index (χ4n) is 1.37. The lowest BCUT2D eigenvalue weighted by atomic mass is 10.2. The molecule has 0 aliphatic carbocycles. The Labute approximate surface area is 119 Å². The highest BCUT2D eigenvalue weighted by Crippen LogP contribution is 2.37. The third-order valence-electron chi connectivity index (χ3n) is 2.28. The van der Waals surface area contributed by atoms with E-state index < -0.39 is 23.3 Å². The molecule has 0 radical (unpaired) electrons. The number of nitrogens with zero attached hydrogens (tertiary/aromatic N) is 2. The summed E-state index contributed by atoms with van der Waals surface area (Å²) in [5, 5.41) is -0.399. The van der Waals surface area contributed by atoms with Crippen LogP contribution in [0.25, 0.3) is 10.9 Å². The first-order valence-electron chi connectivity index (χ1n) is 4.73. The van der Waals surface area contributed by atoms with Crippen LogP contribution in [-0.2, 0) is 5.92 Å². The van der Waals surface area contributed by atoms with Crippen LogP contribution in [0.4, 0.5) is 17.6 Å². The van der Waals surface area contributed by atoms with Crippen molar-refractivity contribution in [3.05, 3.63) is 33.2 Å². The maximum atomic E-state index is 13.2. The third kappa shape index (κ3) is 2.44. The Hall–Kier alpha value is -0.850. The van der Waals surface area contributed by atoms with Gasteiger partial charge in [-0.1, -0.05) is 34.8 Å². The molecule has 9 heteroatoms. The number of hydrogen-bond acceptors (Lipinski definition) is 2. The highest BCUT2D eigenvalue weighted by atomic mass is 35.5. The molecule has 1 heterocycles. The maximum absolute atomic E-state index is 13.2. The molecule has 0 aliphatic heterocycles. The van der Waals surface area contributed by atoms with Gasteiger partial charge in [0.1, 0.15) is 5.15 Å². The standard InChI is InChI=1S/C10H3Cl3F4N2/c11-3-1-2-4(12)6-5(3)7(13)19-9(18-6)10(16,17)8(14)15/h1-2,8H. The highest BCUT2D eigenvalue weighted by molar-refractivity contribution is 6.44. The molecule has 0 fully saturated rings. The van der Waals surface area contributed by atoms with E-state index in [0.29, 0.717) is 0 Å². The molecule has 0 saturated heterocycles.